The summed E-state index contributed by atoms with van der Waals surface area (Å²) in [5, 5.41) is 0. The lowest BCUT2D eigenvalue weighted by Gasteiger charge is -2.11. The van der Waals surface area contributed by atoms with Crippen molar-refractivity contribution < 1.29 is 9.13 Å². The van der Waals surface area contributed by atoms with E-state index in [-0.39, 0.29) is 11.8 Å². The second-order valence-electron chi connectivity index (χ2n) is 4.42. The Labute approximate surface area is 114 Å². The summed E-state index contributed by atoms with van der Waals surface area (Å²) in [6.45, 7) is 1.93. The number of nitrogens with zero attached hydrogens (tertiary/aromatic N) is 3. The monoisotopic (exact) mass is 272 g/mol. The van der Waals surface area contributed by atoms with Gasteiger partial charge in [0.25, 0.3) is 0 Å². The smallest absolute Gasteiger partial charge is 0.207 e. The van der Waals surface area contributed by atoms with Crippen LogP contribution in [0.3, 0.4) is 0 Å². The van der Waals surface area contributed by atoms with Crippen molar-refractivity contribution in [3.8, 4) is 11.4 Å². The summed E-state index contributed by atoms with van der Waals surface area (Å²) >= 11 is 0. The predicted molar refractivity (Wildman–Crippen MR) is 74.5 cm³/mol. The van der Waals surface area contributed by atoms with Crippen LogP contribution in [0.2, 0.25) is 0 Å². The maximum absolute atomic E-state index is 13.3. The van der Waals surface area contributed by atoms with Crippen LogP contribution in [0, 0.1) is 12.7 Å². The molecular formula is C14H13FN4O. The van der Waals surface area contributed by atoms with E-state index in [2.05, 4.69) is 9.97 Å². The first-order valence-electron chi connectivity index (χ1n) is 6.05. The van der Waals surface area contributed by atoms with Crippen molar-refractivity contribution in [2.75, 3.05) is 12.8 Å². The zero-order valence-corrected chi connectivity index (χ0v) is 11.1. The highest BCUT2D eigenvalue weighted by Crippen LogP contribution is 2.30. The number of nitrogens with two attached hydrogens (primary N) is 1. The first-order valence-corrected chi connectivity index (χ1v) is 6.05. The molecule has 5 nitrogen and oxygen atoms in total. The zero-order chi connectivity index (χ0) is 14.3. The molecule has 0 amide bonds. The van der Waals surface area contributed by atoms with Gasteiger partial charge in [0.2, 0.25) is 5.95 Å². The molecule has 0 aliphatic rings. The standard InChI is InChI=1S/C14H13FN4O/c1-8-5-6-17-13-12(8)18-14(16)19(13)10-4-3-9(15)7-11(10)20-2/h3-7H,1-2H3,(H2,16,18). The average Bonchev–Trinajstić information content (AvgIpc) is 2.77. The third-order valence-corrected chi connectivity index (χ3v) is 3.16. The minimum atomic E-state index is -0.377. The van der Waals surface area contributed by atoms with Gasteiger partial charge in [0.05, 0.1) is 12.8 Å². The van der Waals surface area contributed by atoms with Crippen LogP contribution in [0.4, 0.5) is 10.3 Å². The zero-order valence-electron chi connectivity index (χ0n) is 11.1. The molecule has 0 atom stereocenters. The Morgan fingerprint density at radius 2 is 2.10 bits per heavy atom. The molecule has 6 heteroatoms. The largest absolute Gasteiger partial charge is 0.494 e. The van der Waals surface area contributed by atoms with Gasteiger partial charge in [-0.15, -0.1) is 0 Å². The molecule has 3 aromatic rings. The van der Waals surface area contributed by atoms with Crippen LogP contribution in [-0.2, 0) is 0 Å². The Morgan fingerprint density at radius 1 is 1.30 bits per heavy atom. The number of ether oxygens (including phenoxy) is 1. The highest BCUT2D eigenvalue weighted by atomic mass is 19.1. The lowest BCUT2D eigenvalue weighted by atomic mass is 10.2. The first-order chi connectivity index (χ1) is 9.61. The van der Waals surface area contributed by atoms with Crippen LogP contribution in [-0.4, -0.2) is 21.6 Å². The quantitative estimate of drug-likeness (QED) is 0.778. The van der Waals surface area contributed by atoms with E-state index in [1.165, 1.54) is 19.2 Å². The van der Waals surface area contributed by atoms with Crippen molar-refractivity contribution in [3.05, 3.63) is 41.8 Å². The fraction of sp³-hybridized carbons (Fsp3) is 0.143. The van der Waals surface area contributed by atoms with Crippen LogP contribution in [0.25, 0.3) is 16.9 Å². The second kappa shape index (κ2) is 4.48. The van der Waals surface area contributed by atoms with Crippen LogP contribution >= 0.6 is 0 Å². The molecule has 2 N–H and O–H groups in total. The van der Waals surface area contributed by atoms with Gasteiger partial charge >= 0.3 is 0 Å². The Balaban J connectivity index is 2.35. The van der Waals surface area contributed by atoms with Gasteiger partial charge in [-0.2, -0.15) is 0 Å². The summed E-state index contributed by atoms with van der Waals surface area (Å²) in [5.74, 6) is 0.281. The van der Waals surface area contributed by atoms with Crippen molar-refractivity contribution in [3.63, 3.8) is 0 Å². The number of halogens is 1. The van der Waals surface area contributed by atoms with E-state index in [9.17, 15) is 4.39 Å². The SMILES string of the molecule is COc1cc(F)ccc1-n1c(N)nc2c(C)ccnc21. The lowest BCUT2D eigenvalue weighted by molar-refractivity contribution is 0.409. The van der Waals surface area contributed by atoms with Crippen molar-refractivity contribution in [2.45, 2.75) is 6.92 Å². The number of fused-ring (bicyclic) bond motifs is 1. The summed E-state index contributed by atoms with van der Waals surface area (Å²) in [4.78, 5) is 8.62. The summed E-state index contributed by atoms with van der Waals surface area (Å²) in [5.41, 5.74) is 8.89. The van der Waals surface area contributed by atoms with Crippen LogP contribution < -0.4 is 10.5 Å². The van der Waals surface area contributed by atoms with E-state index < -0.39 is 0 Å². The topological polar surface area (TPSA) is 66.0 Å². The molecule has 0 fully saturated rings. The first kappa shape index (κ1) is 12.4. The maximum Gasteiger partial charge on any atom is 0.207 e. The number of aromatic nitrogens is 3. The third kappa shape index (κ3) is 1.77. The van der Waals surface area contributed by atoms with Crippen LogP contribution in [0.5, 0.6) is 5.75 Å². The lowest BCUT2D eigenvalue weighted by Crippen LogP contribution is -2.03. The van der Waals surface area contributed by atoms with E-state index in [0.717, 1.165) is 11.1 Å². The average molecular weight is 272 g/mol. The molecule has 0 radical (unpaired) electrons. The molecule has 20 heavy (non-hydrogen) atoms. The number of pyridine rings is 1. The molecule has 2 aromatic heterocycles. The number of imidazole rings is 1. The minimum absolute atomic E-state index is 0.284. The van der Waals surface area contributed by atoms with Gasteiger partial charge in [-0.25, -0.2) is 14.4 Å². The van der Waals surface area contributed by atoms with Crippen molar-refractivity contribution in [1.82, 2.24) is 14.5 Å². The molecule has 0 aliphatic heterocycles. The fourth-order valence-corrected chi connectivity index (χ4v) is 2.18. The molecule has 3 rings (SSSR count). The summed E-state index contributed by atoms with van der Waals surface area (Å²) in [6, 6.07) is 6.10. The maximum atomic E-state index is 13.3. The summed E-state index contributed by atoms with van der Waals surface area (Å²) in [6.07, 6.45) is 1.69. The van der Waals surface area contributed by atoms with E-state index in [0.29, 0.717) is 17.1 Å². The molecular weight excluding hydrogens is 259 g/mol. The van der Waals surface area contributed by atoms with Gasteiger partial charge in [0.1, 0.15) is 17.1 Å². The number of hydrogen-bond donors (Lipinski definition) is 1. The van der Waals surface area contributed by atoms with Gasteiger partial charge in [-0.3, -0.25) is 4.57 Å². The number of methoxy groups -OCH3 is 1. The molecule has 102 valence electrons. The molecule has 0 bridgehead atoms. The number of benzene rings is 1. The highest BCUT2D eigenvalue weighted by molar-refractivity contribution is 5.80. The number of aryl methyl sites for hydroxylation is 1. The van der Waals surface area contributed by atoms with Crippen molar-refractivity contribution in [2.24, 2.45) is 0 Å². The van der Waals surface area contributed by atoms with E-state index in [4.69, 9.17) is 10.5 Å². The van der Waals surface area contributed by atoms with Crippen LogP contribution in [0.1, 0.15) is 5.56 Å². The van der Waals surface area contributed by atoms with Crippen LogP contribution in [0.15, 0.2) is 30.5 Å². The van der Waals surface area contributed by atoms with Gasteiger partial charge in [0, 0.05) is 12.3 Å². The van der Waals surface area contributed by atoms with Gasteiger partial charge in [0.15, 0.2) is 5.65 Å². The number of rotatable bonds is 2. The fourth-order valence-electron chi connectivity index (χ4n) is 2.18. The van der Waals surface area contributed by atoms with E-state index in [1.807, 2.05) is 13.0 Å². The molecule has 0 aliphatic carbocycles. The van der Waals surface area contributed by atoms with E-state index in [1.54, 1.807) is 16.8 Å². The van der Waals surface area contributed by atoms with Crippen molar-refractivity contribution >= 4 is 17.1 Å². The van der Waals surface area contributed by atoms with Gasteiger partial charge < -0.3 is 10.5 Å². The molecule has 0 spiro atoms. The minimum Gasteiger partial charge on any atom is -0.494 e. The molecule has 0 saturated heterocycles. The molecule has 2 heterocycles. The van der Waals surface area contributed by atoms with Gasteiger partial charge in [-0.05, 0) is 30.7 Å². The van der Waals surface area contributed by atoms with E-state index >= 15 is 0 Å². The highest BCUT2D eigenvalue weighted by Gasteiger charge is 2.16. The van der Waals surface area contributed by atoms with Gasteiger partial charge in [-0.1, -0.05) is 0 Å². The Hall–Kier alpha value is -2.63. The Bertz CT molecular complexity index is 797. The number of hydrogen-bond acceptors (Lipinski definition) is 4. The predicted octanol–water partition coefficient (Wildman–Crippen LogP) is 2.46. The molecule has 0 unspecified atom stereocenters. The Kier molecular flexibility index (Phi) is 2.78. The summed E-state index contributed by atoms with van der Waals surface area (Å²) in [7, 11) is 1.48. The summed E-state index contributed by atoms with van der Waals surface area (Å²) < 4.78 is 20.2. The number of nitrogen functional groups attached to an aromatic ring is 1. The second-order valence-corrected chi connectivity index (χ2v) is 4.42. The van der Waals surface area contributed by atoms with Crippen molar-refractivity contribution in [1.29, 1.82) is 0 Å². The third-order valence-electron chi connectivity index (χ3n) is 3.16. The number of anilines is 1. The molecule has 1 aromatic carbocycles. The Morgan fingerprint density at radius 3 is 2.85 bits per heavy atom. The normalized spacial score (nSPS) is 10.9. The molecule has 0 saturated carbocycles.